The van der Waals surface area contributed by atoms with Crippen molar-refractivity contribution in [3.8, 4) is 0 Å². The van der Waals surface area contributed by atoms with Crippen molar-refractivity contribution in [2.45, 2.75) is 38.6 Å². The number of aliphatic imine (C=N–C) groups is 1. The molecule has 7 heteroatoms. The molecule has 0 aromatic rings. The van der Waals surface area contributed by atoms with Crippen LogP contribution in [0.25, 0.3) is 0 Å². The van der Waals surface area contributed by atoms with Gasteiger partial charge >= 0.3 is 0 Å². The Morgan fingerprint density at radius 1 is 1.33 bits per heavy atom. The van der Waals surface area contributed by atoms with Gasteiger partial charge < -0.3 is 9.80 Å². The Labute approximate surface area is 126 Å². The summed E-state index contributed by atoms with van der Waals surface area (Å²) >= 11 is 0. The van der Waals surface area contributed by atoms with Crippen LogP contribution in [0.3, 0.4) is 0 Å². The lowest BCUT2D eigenvalue weighted by Gasteiger charge is -2.32. The summed E-state index contributed by atoms with van der Waals surface area (Å²) in [6.45, 7) is 4.44. The Kier molecular flexibility index (Phi) is 5.17. The second kappa shape index (κ2) is 6.89. The Morgan fingerprint density at radius 3 is 2.62 bits per heavy atom. The Balaban J connectivity index is 1.83. The van der Waals surface area contributed by atoms with E-state index in [9.17, 15) is 5.21 Å². The summed E-state index contributed by atoms with van der Waals surface area (Å²) in [6.07, 6.45) is 4.33. The van der Waals surface area contributed by atoms with E-state index in [2.05, 4.69) is 9.89 Å². The number of piperidine rings is 1. The molecule has 0 aliphatic carbocycles. The van der Waals surface area contributed by atoms with Gasteiger partial charge in [0.1, 0.15) is 18.2 Å². The van der Waals surface area contributed by atoms with Crippen LogP contribution >= 0.6 is 0 Å². The highest BCUT2D eigenvalue weighted by molar-refractivity contribution is 5.90. The van der Waals surface area contributed by atoms with Gasteiger partial charge in [0.05, 0.1) is 18.4 Å². The number of rotatable bonds is 4. The normalized spacial score (nSPS) is 22.2. The van der Waals surface area contributed by atoms with Gasteiger partial charge in [-0.3, -0.25) is 21.0 Å². The molecule has 2 aliphatic heterocycles. The molecule has 2 rings (SSSR count). The summed E-state index contributed by atoms with van der Waals surface area (Å²) in [6, 6.07) is 0.189. The number of hydroxylamine groups is 2. The second-order valence-corrected chi connectivity index (χ2v) is 5.86. The van der Waals surface area contributed by atoms with E-state index < -0.39 is 0 Å². The van der Waals surface area contributed by atoms with Gasteiger partial charge in [-0.15, -0.1) is 0 Å². The summed E-state index contributed by atoms with van der Waals surface area (Å²) in [4.78, 5) is 8.66. The molecule has 1 fully saturated rings. The van der Waals surface area contributed by atoms with Crippen LogP contribution in [0.15, 0.2) is 4.99 Å². The molecule has 7 nitrogen and oxygen atoms in total. The predicted molar refractivity (Wildman–Crippen MR) is 83.5 cm³/mol. The number of likely N-dealkylation sites (N-methyl/N-ethyl adjacent to an activating group) is 1. The number of amidine groups is 3. The molecule has 3 N–H and O–H groups in total. The van der Waals surface area contributed by atoms with Crippen molar-refractivity contribution in [2.24, 2.45) is 4.99 Å². The molecule has 118 valence electrons. The maximum Gasteiger partial charge on any atom is 0.121 e. The quantitative estimate of drug-likeness (QED) is 0.413. The lowest BCUT2D eigenvalue weighted by Crippen LogP contribution is -2.43. The van der Waals surface area contributed by atoms with Crippen molar-refractivity contribution in [3.63, 3.8) is 0 Å². The molecule has 1 atom stereocenters. The van der Waals surface area contributed by atoms with E-state index in [0.717, 1.165) is 24.0 Å². The highest BCUT2D eigenvalue weighted by Crippen LogP contribution is 2.16. The van der Waals surface area contributed by atoms with E-state index in [4.69, 9.17) is 10.8 Å². The van der Waals surface area contributed by atoms with Crippen LogP contribution in [0.1, 0.15) is 32.6 Å². The van der Waals surface area contributed by atoms with Crippen molar-refractivity contribution < 1.29 is 5.21 Å². The highest BCUT2D eigenvalue weighted by atomic mass is 16.5. The molecule has 21 heavy (non-hydrogen) atoms. The molecule has 0 radical (unpaired) electrons. The molecule has 1 unspecified atom stereocenters. The first-order valence-corrected chi connectivity index (χ1v) is 7.59. The summed E-state index contributed by atoms with van der Waals surface area (Å²) in [5.41, 5.74) is 0. The third-order valence-electron chi connectivity index (χ3n) is 4.28. The zero-order valence-corrected chi connectivity index (χ0v) is 13.0. The number of hydrogen-bond acceptors (Lipinski definition) is 5. The smallest absolute Gasteiger partial charge is 0.121 e. The van der Waals surface area contributed by atoms with Gasteiger partial charge in [-0.05, 0) is 26.2 Å². The highest BCUT2D eigenvalue weighted by Gasteiger charge is 2.28. The van der Waals surface area contributed by atoms with Crippen molar-refractivity contribution >= 4 is 17.5 Å². The summed E-state index contributed by atoms with van der Waals surface area (Å²) < 4.78 is 0. The molecule has 0 amide bonds. The van der Waals surface area contributed by atoms with Crippen LogP contribution in [0.4, 0.5) is 0 Å². The molecular formula is C14H26N6O. The molecule has 0 saturated carbocycles. The van der Waals surface area contributed by atoms with Gasteiger partial charge in [0.15, 0.2) is 0 Å². The van der Waals surface area contributed by atoms with Gasteiger partial charge in [0, 0.05) is 26.6 Å². The van der Waals surface area contributed by atoms with Crippen LogP contribution in [-0.4, -0.2) is 76.8 Å². The van der Waals surface area contributed by atoms with Crippen LogP contribution in [0.2, 0.25) is 0 Å². The van der Waals surface area contributed by atoms with Crippen LogP contribution < -0.4 is 0 Å². The van der Waals surface area contributed by atoms with Crippen LogP contribution in [0.5, 0.6) is 0 Å². The third kappa shape index (κ3) is 3.93. The van der Waals surface area contributed by atoms with Gasteiger partial charge in [-0.1, -0.05) is 0 Å². The van der Waals surface area contributed by atoms with Crippen molar-refractivity contribution in [1.82, 2.24) is 14.9 Å². The van der Waals surface area contributed by atoms with E-state index in [1.54, 1.807) is 6.92 Å². The van der Waals surface area contributed by atoms with Crippen LogP contribution in [0, 0.1) is 10.8 Å². The lowest BCUT2D eigenvalue weighted by molar-refractivity contribution is -0.00219. The molecule has 2 heterocycles. The predicted octanol–water partition coefficient (Wildman–Crippen LogP) is 1.24. The van der Waals surface area contributed by atoms with E-state index >= 15 is 0 Å². The summed E-state index contributed by atoms with van der Waals surface area (Å²) in [5.74, 6) is 1.59. The number of nitrogens with zero attached hydrogens (tertiary/aromatic N) is 4. The molecule has 1 saturated heterocycles. The molecule has 2 aliphatic rings. The minimum absolute atomic E-state index is 0.107. The molecule has 0 bridgehead atoms. The van der Waals surface area contributed by atoms with Gasteiger partial charge in [0.25, 0.3) is 0 Å². The first-order chi connectivity index (χ1) is 9.99. The first-order valence-electron chi connectivity index (χ1n) is 7.59. The first kappa shape index (κ1) is 15.8. The third-order valence-corrected chi connectivity index (χ3v) is 4.28. The zero-order chi connectivity index (χ0) is 15.4. The molecular weight excluding hydrogens is 268 g/mol. The maximum absolute atomic E-state index is 9.63. The average Bonchev–Trinajstić information content (AvgIpc) is 2.81. The fourth-order valence-corrected chi connectivity index (χ4v) is 2.79. The van der Waals surface area contributed by atoms with Crippen LogP contribution in [-0.2, 0) is 0 Å². The molecule has 0 spiro atoms. The second-order valence-electron chi connectivity index (χ2n) is 5.86. The molecule has 0 aromatic carbocycles. The summed E-state index contributed by atoms with van der Waals surface area (Å²) in [7, 11) is 1.95. The van der Waals surface area contributed by atoms with Crippen molar-refractivity contribution in [3.05, 3.63) is 0 Å². The molecule has 0 aromatic heterocycles. The van der Waals surface area contributed by atoms with Gasteiger partial charge in [0.2, 0.25) is 0 Å². The van der Waals surface area contributed by atoms with E-state index in [1.165, 1.54) is 19.3 Å². The minimum atomic E-state index is 0.107. The van der Waals surface area contributed by atoms with E-state index in [1.807, 2.05) is 11.9 Å². The number of hydrogen-bond donors (Lipinski definition) is 3. The number of likely N-dealkylation sites (tertiary alicyclic amines) is 1. The fourth-order valence-electron chi connectivity index (χ4n) is 2.79. The minimum Gasteiger partial charge on any atom is -0.360 e. The van der Waals surface area contributed by atoms with Gasteiger partial charge in [-0.2, -0.15) is 0 Å². The summed E-state index contributed by atoms with van der Waals surface area (Å²) in [5, 5.41) is 26.2. The van der Waals surface area contributed by atoms with Crippen molar-refractivity contribution in [2.75, 3.05) is 33.2 Å². The fraction of sp³-hybridized carbons (Fsp3) is 0.786. The van der Waals surface area contributed by atoms with E-state index in [0.29, 0.717) is 18.8 Å². The maximum atomic E-state index is 9.63. The Morgan fingerprint density at radius 2 is 2.00 bits per heavy atom. The Bertz CT molecular complexity index is 429. The zero-order valence-electron chi connectivity index (χ0n) is 13.0. The Hall–Kier alpha value is -1.63. The van der Waals surface area contributed by atoms with Gasteiger partial charge in [-0.25, -0.2) is 5.06 Å². The van der Waals surface area contributed by atoms with Crippen molar-refractivity contribution in [1.29, 1.82) is 10.8 Å². The van der Waals surface area contributed by atoms with E-state index in [-0.39, 0.29) is 18.4 Å². The monoisotopic (exact) mass is 294 g/mol. The standard InChI is InChI=1S/C14H26N6O/c1-11(15)20(21)10-14-17-9-12(18(14)2)8-13(16)19-6-4-3-5-7-19/h12,15-16,21H,3-10H2,1-2H3. The average molecular weight is 294 g/mol. The number of nitrogens with one attached hydrogen (secondary N) is 2. The largest absolute Gasteiger partial charge is 0.360 e. The topological polar surface area (TPSA) is 90.0 Å². The SMILES string of the molecule is CC(=N)N(O)CC1=NCC(CC(=N)N2CCCCC2)N1C. The lowest BCUT2D eigenvalue weighted by atomic mass is 10.1.